The van der Waals surface area contributed by atoms with Gasteiger partial charge < -0.3 is 10.4 Å². The Morgan fingerprint density at radius 1 is 1.17 bits per heavy atom. The molecule has 1 aromatic rings. The molecule has 1 saturated carbocycles. The summed E-state index contributed by atoms with van der Waals surface area (Å²) >= 11 is 0. The number of amides is 1. The van der Waals surface area contributed by atoms with Crippen LogP contribution in [0, 0.1) is 5.92 Å². The first-order valence-electron chi connectivity index (χ1n) is 6.25. The lowest BCUT2D eigenvalue weighted by molar-refractivity contribution is -0.143. The Morgan fingerprint density at radius 2 is 1.89 bits per heavy atom. The summed E-state index contributed by atoms with van der Waals surface area (Å²) in [7, 11) is 0. The second-order valence-electron chi connectivity index (χ2n) is 4.74. The molecular formula is C14H17NO3. The van der Waals surface area contributed by atoms with Gasteiger partial charge in [-0.3, -0.25) is 9.59 Å². The summed E-state index contributed by atoms with van der Waals surface area (Å²) in [5.74, 6) is -1.19. The maximum absolute atomic E-state index is 11.9. The largest absolute Gasteiger partial charge is 0.481 e. The predicted octanol–water partition coefficient (Wildman–Crippen LogP) is 2.06. The van der Waals surface area contributed by atoms with Crippen molar-refractivity contribution < 1.29 is 14.7 Å². The predicted molar refractivity (Wildman–Crippen MR) is 67.3 cm³/mol. The maximum Gasteiger partial charge on any atom is 0.306 e. The lowest BCUT2D eigenvalue weighted by Gasteiger charge is -2.27. The smallest absolute Gasteiger partial charge is 0.306 e. The summed E-state index contributed by atoms with van der Waals surface area (Å²) in [4.78, 5) is 22.9. The molecule has 4 nitrogen and oxygen atoms in total. The van der Waals surface area contributed by atoms with E-state index in [0.29, 0.717) is 18.4 Å². The van der Waals surface area contributed by atoms with E-state index < -0.39 is 5.97 Å². The second-order valence-corrected chi connectivity index (χ2v) is 4.74. The zero-order valence-electron chi connectivity index (χ0n) is 10.1. The number of carboxylic acids is 1. The molecule has 2 rings (SSSR count). The van der Waals surface area contributed by atoms with Crippen LogP contribution in [0.4, 0.5) is 0 Å². The highest BCUT2D eigenvalue weighted by atomic mass is 16.4. The van der Waals surface area contributed by atoms with Gasteiger partial charge in [0.2, 0.25) is 0 Å². The fourth-order valence-corrected chi connectivity index (χ4v) is 2.40. The number of nitrogens with one attached hydrogen (secondary N) is 1. The number of aliphatic carboxylic acids is 1. The van der Waals surface area contributed by atoms with Crippen molar-refractivity contribution in [3.05, 3.63) is 35.9 Å². The monoisotopic (exact) mass is 247 g/mol. The third-order valence-electron chi connectivity index (χ3n) is 3.39. The third-order valence-corrected chi connectivity index (χ3v) is 3.39. The molecule has 2 unspecified atom stereocenters. The van der Waals surface area contributed by atoms with Gasteiger partial charge in [0.25, 0.3) is 5.91 Å². The number of carbonyl (C=O) groups excluding carboxylic acids is 1. The van der Waals surface area contributed by atoms with Gasteiger partial charge in [-0.05, 0) is 31.4 Å². The van der Waals surface area contributed by atoms with E-state index in [0.717, 1.165) is 12.8 Å². The van der Waals surface area contributed by atoms with Crippen molar-refractivity contribution in [1.82, 2.24) is 5.32 Å². The van der Waals surface area contributed by atoms with E-state index in [1.54, 1.807) is 12.1 Å². The summed E-state index contributed by atoms with van der Waals surface area (Å²) in [5.41, 5.74) is 0.620. The van der Waals surface area contributed by atoms with Gasteiger partial charge in [-0.2, -0.15) is 0 Å². The molecule has 1 aliphatic rings. The summed E-state index contributed by atoms with van der Waals surface area (Å²) in [6, 6.07) is 8.98. The lowest BCUT2D eigenvalue weighted by Crippen LogP contribution is -2.39. The van der Waals surface area contributed by atoms with Crippen molar-refractivity contribution in [3.63, 3.8) is 0 Å². The Balaban J connectivity index is 1.93. The van der Waals surface area contributed by atoms with Crippen molar-refractivity contribution in [1.29, 1.82) is 0 Å². The molecule has 96 valence electrons. The highest BCUT2D eigenvalue weighted by molar-refractivity contribution is 5.94. The number of hydrogen-bond acceptors (Lipinski definition) is 2. The maximum atomic E-state index is 11.9. The molecule has 0 spiro atoms. The minimum atomic E-state index is -0.756. The van der Waals surface area contributed by atoms with Crippen molar-refractivity contribution in [2.24, 2.45) is 5.92 Å². The molecule has 1 fully saturated rings. The summed E-state index contributed by atoms with van der Waals surface area (Å²) in [5, 5.41) is 11.9. The highest BCUT2D eigenvalue weighted by Crippen LogP contribution is 2.24. The molecule has 4 heteroatoms. The van der Waals surface area contributed by atoms with Gasteiger partial charge >= 0.3 is 5.97 Å². The van der Waals surface area contributed by atoms with Gasteiger partial charge in [0, 0.05) is 11.6 Å². The first-order chi connectivity index (χ1) is 8.66. The summed E-state index contributed by atoms with van der Waals surface area (Å²) in [6.45, 7) is 0. The number of carboxylic acid groups (broad SMARTS) is 1. The minimum Gasteiger partial charge on any atom is -0.481 e. The van der Waals surface area contributed by atoms with Gasteiger partial charge in [0.05, 0.1) is 5.92 Å². The first kappa shape index (κ1) is 12.6. The van der Waals surface area contributed by atoms with Crippen LogP contribution in [-0.4, -0.2) is 23.0 Å². The van der Waals surface area contributed by atoms with Gasteiger partial charge in [0.15, 0.2) is 0 Å². The Labute approximate surface area is 106 Å². The molecule has 0 aliphatic heterocycles. The number of rotatable bonds is 3. The van der Waals surface area contributed by atoms with Crippen molar-refractivity contribution in [3.8, 4) is 0 Å². The summed E-state index contributed by atoms with van der Waals surface area (Å²) in [6.07, 6.45) is 2.97. The van der Waals surface area contributed by atoms with Gasteiger partial charge in [-0.1, -0.05) is 24.6 Å². The molecule has 2 N–H and O–H groups in total. The molecule has 1 amide bonds. The average molecular weight is 247 g/mol. The molecule has 0 aromatic heterocycles. The Kier molecular flexibility index (Phi) is 3.97. The molecule has 0 heterocycles. The van der Waals surface area contributed by atoms with Crippen LogP contribution in [0.15, 0.2) is 30.3 Å². The number of hydrogen-bond donors (Lipinski definition) is 2. The Morgan fingerprint density at radius 3 is 2.56 bits per heavy atom. The Bertz CT molecular complexity index is 430. The average Bonchev–Trinajstić information content (AvgIpc) is 2.40. The third kappa shape index (κ3) is 3.09. The van der Waals surface area contributed by atoms with Gasteiger partial charge in [0.1, 0.15) is 0 Å². The second kappa shape index (κ2) is 5.67. The zero-order chi connectivity index (χ0) is 13.0. The zero-order valence-corrected chi connectivity index (χ0v) is 10.1. The van der Waals surface area contributed by atoms with Crippen LogP contribution in [0.1, 0.15) is 36.0 Å². The molecule has 1 aliphatic carbocycles. The van der Waals surface area contributed by atoms with E-state index in [4.69, 9.17) is 5.11 Å². The SMILES string of the molecule is O=C(NC1CCCC(C(=O)O)C1)c1ccccc1. The van der Waals surface area contributed by atoms with Crippen LogP contribution in [-0.2, 0) is 4.79 Å². The normalized spacial score (nSPS) is 23.3. The summed E-state index contributed by atoms with van der Waals surface area (Å²) < 4.78 is 0. The fourth-order valence-electron chi connectivity index (χ4n) is 2.40. The molecule has 0 saturated heterocycles. The molecular weight excluding hydrogens is 230 g/mol. The standard InChI is InChI=1S/C14H17NO3/c16-13(10-5-2-1-3-6-10)15-12-8-4-7-11(9-12)14(17)18/h1-3,5-6,11-12H,4,7-9H2,(H,15,16)(H,17,18). The van der Waals surface area contributed by atoms with Crippen molar-refractivity contribution >= 4 is 11.9 Å². The molecule has 18 heavy (non-hydrogen) atoms. The van der Waals surface area contributed by atoms with E-state index in [9.17, 15) is 9.59 Å². The molecule has 0 radical (unpaired) electrons. The van der Waals surface area contributed by atoms with Crippen molar-refractivity contribution in [2.45, 2.75) is 31.7 Å². The van der Waals surface area contributed by atoms with Crippen LogP contribution in [0.25, 0.3) is 0 Å². The first-order valence-corrected chi connectivity index (χ1v) is 6.25. The van der Waals surface area contributed by atoms with E-state index in [2.05, 4.69) is 5.32 Å². The topological polar surface area (TPSA) is 66.4 Å². The fraction of sp³-hybridized carbons (Fsp3) is 0.429. The van der Waals surface area contributed by atoms with Crippen LogP contribution < -0.4 is 5.32 Å². The minimum absolute atomic E-state index is 0.0208. The van der Waals surface area contributed by atoms with Crippen LogP contribution in [0.3, 0.4) is 0 Å². The molecule has 2 atom stereocenters. The number of carbonyl (C=O) groups is 2. The van der Waals surface area contributed by atoms with Gasteiger partial charge in [-0.15, -0.1) is 0 Å². The van der Waals surface area contributed by atoms with Crippen LogP contribution in [0.5, 0.6) is 0 Å². The van der Waals surface area contributed by atoms with E-state index in [-0.39, 0.29) is 17.9 Å². The lowest BCUT2D eigenvalue weighted by atomic mass is 9.85. The highest BCUT2D eigenvalue weighted by Gasteiger charge is 2.27. The quantitative estimate of drug-likeness (QED) is 0.859. The van der Waals surface area contributed by atoms with E-state index in [1.807, 2.05) is 18.2 Å². The van der Waals surface area contributed by atoms with Gasteiger partial charge in [-0.25, -0.2) is 0 Å². The number of benzene rings is 1. The van der Waals surface area contributed by atoms with Crippen molar-refractivity contribution in [2.75, 3.05) is 0 Å². The van der Waals surface area contributed by atoms with E-state index >= 15 is 0 Å². The van der Waals surface area contributed by atoms with E-state index in [1.165, 1.54) is 0 Å². The van der Waals surface area contributed by atoms with Crippen LogP contribution >= 0.6 is 0 Å². The molecule has 0 bridgehead atoms. The van der Waals surface area contributed by atoms with Crippen LogP contribution in [0.2, 0.25) is 0 Å². The Hall–Kier alpha value is -1.84. The molecule has 1 aromatic carbocycles.